The third-order valence-corrected chi connectivity index (χ3v) is 5.15. The second kappa shape index (κ2) is 6.71. The molecule has 0 aliphatic carbocycles. The summed E-state index contributed by atoms with van der Waals surface area (Å²) >= 11 is 0. The van der Waals surface area contributed by atoms with Gasteiger partial charge in [-0.15, -0.1) is 0 Å². The fraction of sp³-hybridized carbons (Fsp3) is 0.556. The van der Waals surface area contributed by atoms with Gasteiger partial charge in [-0.25, -0.2) is 0 Å². The maximum atomic E-state index is 12.6. The monoisotopic (exact) mass is 315 g/mol. The standard InChI is InChI=1S/C18H25N3O2/c1-18-10-6-12-21(15(18)9-5-11-20-18)16(22)13-19-17(23)14-7-3-2-4-8-14/h2-4,7-8,15,20H,5-6,9-13H2,1H3,(H,19,23)/t15-,18+/m1/s1. The van der Waals surface area contributed by atoms with Crippen molar-refractivity contribution in [3.05, 3.63) is 35.9 Å². The number of likely N-dealkylation sites (tertiary alicyclic amines) is 1. The van der Waals surface area contributed by atoms with Crippen LogP contribution < -0.4 is 10.6 Å². The molecule has 124 valence electrons. The summed E-state index contributed by atoms with van der Waals surface area (Å²) in [5.74, 6) is -0.172. The van der Waals surface area contributed by atoms with Gasteiger partial charge in [-0.05, 0) is 51.3 Å². The number of nitrogens with one attached hydrogen (secondary N) is 2. The summed E-state index contributed by atoms with van der Waals surface area (Å²) in [6.45, 7) is 4.11. The van der Waals surface area contributed by atoms with E-state index >= 15 is 0 Å². The topological polar surface area (TPSA) is 61.4 Å². The van der Waals surface area contributed by atoms with E-state index in [0.717, 1.165) is 38.8 Å². The second-order valence-electron chi connectivity index (χ2n) is 6.74. The van der Waals surface area contributed by atoms with Gasteiger partial charge >= 0.3 is 0 Å². The van der Waals surface area contributed by atoms with Crippen molar-refractivity contribution in [3.8, 4) is 0 Å². The first-order chi connectivity index (χ1) is 11.1. The molecular weight excluding hydrogens is 290 g/mol. The van der Waals surface area contributed by atoms with Crippen LogP contribution in [0.4, 0.5) is 0 Å². The average molecular weight is 315 g/mol. The lowest BCUT2D eigenvalue weighted by Crippen LogP contribution is -2.66. The summed E-state index contributed by atoms with van der Waals surface area (Å²) in [5.41, 5.74) is 0.610. The van der Waals surface area contributed by atoms with Crippen molar-refractivity contribution in [2.75, 3.05) is 19.6 Å². The van der Waals surface area contributed by atoms with Crippen molar-refractivity contribution < 1.29 is 9.59 Å². The molecule has 23 heavy (non-hydrogen) atoms. The Morgan fingerprint density at radius 1 is 1.30 bits per heavy atom. The van der Waals surface area contributed by atoms with Gasteiger partial charge in [0.15, 0.2) is 0 Å². The van der Waals surface area contributed by atoms with E-state index in [1.54, 1.807) is 12.1 Å². The Morgan fingerprint density at radius 2 is 2.09 bits per heavy atom. The number of hydrogen-bond donors (Lipinski definition) is 2. The molecule has 0 spiro atoms. The van der Waals surface area contributed by atoms with Gasteiger partial charge in [0.2, 0.25) is 5.91 Å². The van der Waals surface area contributed by atoms with Crippen LogP contribution >= 0.6 is 0 Å². The van der Waals surface area contributed by atoms with Crippen molar-refractivity contribution in [2.24, 2.45) is 0 Å². The third kappa shape index (κ3) is 3.39. The quantitative estimate of drug-likeness (QED) is 0.890. The van der Waals surface area contributed by atoms with Gasteiger partial charge in [0.1, 0.15) is 0 Å². The molecule has 0 aromatic heterocycles. The first-order valence-corrected chi connectivity index (χ1v) is 8.48. The van der Waals surface area contributed by atoms with Crippen LogP contribution in [-0.2, 0) is 4.79 Å². The first kappa shape index (κ1) is 16.0. The van der Waals surface area contributed by atoms with Crippen LogP contribution in [-0.4, -0.2) is 47.9 Å². The van der Waals surface area contributed by atoms with Crippen molar-refractivity contribution in [2.45, 2.75) is 44.2 Å². The summed E-state index contributed by atoms with van der Waals surface area (Å²) in [5, 5.41) is 6.35. The largest absolute Gasteiger partial charge is 0.343 e. The highest BCUT2D eigenvalue weighted by molar-refractivity contribution is 5.96. The van der Waals surface area contributed by atoms with Crippen LogP contribution in [0.5, 0.6) is 0 Å². The number of benzene rings is 1. The van der Waals surface area contributed by atoms with Crippen molar-refractivity contribution in [1.82, 2.24) is 15.5 Å². The zero-order chi connectivity index (χ0) is 16.3. The number of piperidine rings is 2. The molecule has 2 fully saturated rings. The van der Waals surface area contributed by atoms with Gasteiger partial charge in [0, 0.05) is 23.7 Å². The van der Waals surface area contributed by atoms with Gasteiger partial charge in [0.25, 0.3) is 5.91 Å². The molecule has 2 amide bonds. The molecule has 1 aromatic rings. The normalized spacial score (nSPS) is 27.2. The third-order valence-electron chi connectivity index (χ3n) is 5.15. The lowest BCUT2D eigenvalue weighted by Gasteiger charge is -2.51. The van der Waals surface area contributed by atoms with Crippen molar-refractivity contribution >= 4 is 11.8 Å². The summed E-state index contributed by atoms with van der Waals surface area (Å²) < 4.78 is 0. The minimum atomic E-state index is -0.194. The van der Waals surface area contributed by atoms with E-state index < -0.39 is 0 Å². The molecule has 0 saturated carbocycles. The number of fused-ring (bicyclic) bond motifs is 1. The summed E-state index contributed by atoms with van der Waals surface area (Å²) in [6.07, 6.45) is 4.26. The molecule has 2 aliphatic heterocycles. The molecule has 2 aliphatic rings. The summed E-state index contributed by atoms with van der Waals surface area (Å²) in [4.78, 5) is 26.7. The van der Waals surface area contributed by atoms with Crippen LogP contribution in [0.1, 0.15) is 43.0 Å². The van der Waals surface area contributed by atoms with Crippen molar-refractivity contribution in [1.29, 1.82) is 0 Å². The predicted molar refractivity (Wildman–Crippen MR) is 89.2 cm³/mol. The van der Waals surface area contributed by atoms with E-state index in [1.807, 2.05) is 23.1 Å². The summed E-state index contributed by atoms with van der Waals surface area (Å²) in [7, 11) is 0. The van der Waals surface area contributed by atoms with Crippen LogP contribution in [0.3, 0.4) is 0 Å². The zero-order valence-electron chi connectivity index (χ0n) is 13.7. The molecule has 0 unspecified atom stereocenters. The van der Waals surface area contributed by atoms with E-state index in [4.69, 9.17) is 0 Å². The maximum Gasteiger partial charge on any atom is 0.251 e. The SMILES string of the molecule is C[C@]12CCCN(C(=O)CNC(=O)c3ccccc3)[C@@H]1CCCN2. The molecule has 2 saturated heterocycles. The molecule has 0 radical (unpaired) electrons. The van der Waals surface area contributed by atoms with Gasteiger partial charge in [-0.3, -0.25) is 9.59 Å². The van der Waals surface area contributed by atoms with Gasteiger partial charge < -0.3 is 15.5 Å². The first-order valence-electron chi connectivity index (χ1n) is 8.48. The Labute approximate surface area is 137 Å². The van der Waals surface area contributed by atoms with Crippen LogP contribution in [0.25, 0.3) is 0 Å². The molecule has 5 heteroatoms. The fourth-order valence-corrected chi connectivity index (χ4v) is 3.88. The molecule has 3 rings (SSSR count). The zero-order valence-corrected chi connectivity index (χ0v) is 13.7. The van der Waals surface area contributed by atoms with Crippen LogP contribution in [0.15, 0.2) is 30.3 Å². The minimum Gasteiger partial charge on any atom is -0.343 e. The molecule has 0 bridgehead atoms. The Morgan fingerprint density at radius 3 is 2.87 bits per heavy atom. The molecule has 2 heterocycles. The highest BCUT2D eigenvalue weighted by atomic mass is 16.2. The number of carbonyl (C=O) groups is 2. The fourth-order valence-electron chi connectivity index (χ4n) is 3.88. The number of carbonyl (C=O) groups excluding carboxylic acids is 2. The lowest BCUT2D eigenvalue weighted by molar-refractivity contribution is -0.137. The smallest absolute Gasteiger partial charge is 0.251 e. The molecule has 2 N–H and O–H groups in total. The number of nitrogens with zero attached hydrogens (tertiary/aromatic N) is 1. The van der Waals surface area contributed by atoms with Crippen LogP contribution in [0, 0.1) is 0 Å². The van der Waals surface area contributed by atoms with E-state index in [-0.39, 0.29) is 29.9 Å². The molecule has 5 nitrogen and oxygen atoms in total. The van der Waals surface area contributed by atoms with Gasteiger partial charge in [-0.1, -0.05) is 18.2 Å². The number of hydrogen-bond acceptors (Lipinski definition) is 3. The Bertz CT molecular complexity index is 571. The maximum absolute atomic E-state index is 12.6. The van der Waals surface area contributed by atoms with Gasteiger partial charge in [0.05, 0.1) is 6.54 Å². The second-order valence-corrected chi connectivity index (χ2v) is 6.74. The molecule has 2 atom stereocenters. The van der Waals surface area contributed by atoms with Crippen LogP contribution in [0.2, 0.25) is 0 Å². The highest BCUT2D eigenvalue weighted by Gasteiger charge is 2.43. The Hall–Kier alpha value is -1.88. The predicted octanol–water partition coefficient (Wildman–Crippen LogP) is 1.55. The van der Waals surface area contributed by atoms with E-state index in [1.165, 1.54) is 0 Å². The lowest BCUT2D eigenvalue weighted by atomic mass is 9.78. The Kier molecular flexibility index (Phi) is 4.66. The van der Waals surface area contributed by atoms with Gasteiger partial charge in [-0.2, -0.15) is 0 Å². The molecule has 1 aromatic carbocycles. The highest BCUT2D eigenvalue weighted by Crippen LogP contribution is 2.33. The van der Waals surface area contributed by atoms with Crippen molar-refractivity contribution in [3.63, 3.8) is 0 Å². The number of rotatable bonds is 3. The van der Waals surface area contributed by atoms with E-state index in [2.05, 4.69) is 17.6 Å². The summed E-state index contributed by atoms with van der Waals surface area (Å²) in [6, 6.07) is 9.25. The number of amides is 2. The van der Waals surface area contributed by atoms with E-state index in [0.29, 0.717) is 5.56 Å². The Balaban J connectivity index is 1.60. The van der Waals surface area contributed by atoms with E-state index in [9.17, 15) is 9.59 Å². The average Bonchev–Trinajstić information content (AvgIpc) is 2.59. The molecular formula is C18H25N3O2. The minimum absolute atomic E-state index is 0.0221.